The molecule has 100 valence electrons. The highest BCUT2D eigenvalue weighted by atomic mass is 32.1. The fraction of sp³-hybridized carbons (Fsp3) is 0.733. The molecular weight excluding hydrogens is 240 g/mol. The molecule has 3 rings (SSSR count). The van der Waals surface area contributed by atoms with Crippen molar-refractivity contribution in [2.45, 2.75) is 51.7 Å². The summed E-state index contributed by atoms with van der Waals surface area (Å²) in [4.78, 5) is 8.47. The highest BCUT2D eigenvalue weighted by Gasteiger charge is 2.34. The van der Waals surface area contributed by atoms with Gasteiger partial charge in [0.25, 0.3) is 0 Å². The number of nitrogens with zero attached hydrogens (tertiary/aromatic N) is 2. The summed E-state index contributed by atoms with van der Waals surface area (Å²) >= 11 is 2.00. The van der Waals surface area contributed by atoms with E-state index in [0.29, 0.717) is 6.04 Å². The molecule has 0 aromatic carbocycles. The topological polar surface area (TPSA) is 6.48 Å². The minimum absolute atomic E-state index is 0.714. The Bertz CT molecular complexity index is 401. The van der Waals surface area contributed by atoms with E-state index >= 15 is 0 Å². The molecule has 0 saturated carbocycles. The maximum Gasteiger partial charge on any atom is 0.0332 e. The van der Waals surface area contributed by atoms with Crippen LogP contribution in [0.3, 0.4) is 0 Å². The van der Waals surface area contributed by atoms with Crippen LogP contribution in [0.25, 0.3) is 0 Å². The van der Waals surface area contributed by atoms with Gasteiger partial charge in [0.05, 0.1) is 0 Å². The maximum atomic E-state index is 2.70. The quantitative estimate of drug-likeness (QED) is 0.828. The van der Waals surface area contributed by atoms with E-state index in [1.807, 2.05) is 11.3 Å². The largest absolute Gasteiger partial charge is 0.298 e. The first-order chi connectivity index (χ1) is 8.76. The van der Waals surface area contributed by atoms with Gasteiger partial charge in [0, 0.05) is 41.5 Å². The Balaban J connectivity index is 1.64. The number of hydrogen-bond donors (Lipinski definition) is 0. The van der Waals surface area contributed by atoms with Crippen molar-refractivity contribution in [3.63, 3.8) is 0 Å². The first-order valence-electron chi connectivity index (χ1n) is 7.32. The average molecular weight is 264 g/mol. The van der Waals surface area contributed by atoms with Crippen molar-refractivity contribution >= 4 is 11.3 Å². The average Bonchev–Trinajstić information content (AvgIpc) is 2.98. The van der Waals surface area contributed by atoms with E-state index in [4.69, 9.17) is 0 Å². The highest BCUT2D eigenvalue weighted by Crippen LogP contribution is 2.27. The lowest BCUT2D eigenvalue weighted by atomic mass is 10.1. The molecule has 18 heavy (non-hydrogen) atoms. The fourth-order valence-corrected chi connectivity index (χ4v) is 4.35. The monoisotopic (exact) mass is 264 g/mol. The number of thiophene rings is 1. The molecular formula is C15H24N2S. The van der Waals surface area contributed by atoms with Crippen molar-refractivity contribution in [2.75, 3.05) is 19.6 Å². The first kappa shape index (κ1) is 12.6. The van der Waals surface area contributed by atoms with Gasteiger partial charge in [-0.2, -0.15) is 0 Å². The zero-order chi connectivity index (χ0) is 12.5. The summed E-state index contributed by atoms with van der Waals surface area (Å²) in [7, 11) is 0. The molecule has 0 N–H and O–H groups in total. The highest BCUT2D eigenvalue weighted by molar-refractivity contribution is 7.11. The second-order valence-corrected chi connectivity index (χ2v) is 7.04. The van der Waals surface area contributed by atoms with Crippen LogP contribution in [-0.2, 0) is 13.0 Å². The minimum Gasteiger partial charge on any atom is -0.298 e. The number of aryl methyl sites for hydroxylation is 1. The van der Waals surface area contributed by atoms with Gasteiger partial charge in [0.15, 0.2) is 0 Å². The van der Waals surface area contributed by atoms with Gasteiger partial charge in [-0.1, -0.05) is 6.92 Å². The normalized spacial score (nSPS) is 29.7. The molecule has 0 spiro atoms. The van der Waals surface area contributed by atoms with Crippen LogP contribution in [-0.4, -0.2) is 41.5 Å². The molecule has 2 saturated heterocycles. The van der Waals surface area contributed by atoms with Gasteiger partial charge in [0.2, 0.25) is 0 Å². The van der Waals surface area contributed by atoms with Crippen LogP contribution in [0.2, 0.25) is 0 Å². The third-order valence-corrected chi connectivity index (χ3v) is 5.71. The molecule has 0 bridgehead atoms. The van der Waals surface area contributed by atoms with Crippen molar-refractivity contribution in [1.82, 2.24) is 9.80 Å². The van der Waals surface area contributed by atoms with Crippen LogP contribution in [0.5, 0.6) is 0 Å². The smallest absolute Gasteiger partial charge is 0.0332 e. The summed E-state index contributed by atoms with van der Waals surface area (Å²) < 4.78 is 0. The molecule has 3 heterocycles. The van der Waals surface area contributed by atoms with E-state index in [9.17, 15) is 0 Å². The second kappa shape index (κ2) is 5.32. The lowest BCUT2D eigenvalue weighted by molar-refractivity contribution is 0.0547. The Morgan fingerprint density at radius 3 is 2.89 bits per heavy atom. The van der Waals surface area contributed by atoms with E-state index < -0.39 is 0 Å². The SMILES string of the molecule is CCc1ccc(CN2CC3CCCN3CC2C)s1. The molecule has 1 aromatic heterocycles. The molecule has 0 radical (unpaired) electrons. The standard InChI is InChI=1S/C15H24N2S/c1-3-14-6-7-15(18-14)11-17-10-13-5-4-8-16(13)9-12(17)2/h6-7,12-13H,3-5,8-11H2,1-2H3. The molecule has 2 fully saturated rings. The van der Waals surface area contributed by atoms with Gasteiger partial charge in [0.1, 0.15) is 0 Å². The van der Waals surface area contributed by atoms with Gasteiger partial charge in [-0.25, -0.2) is 0 Å². The lowest BCUT2D eigenvalue weighted by Crippen LogP contribution is -2.54. The van der Waals surface area contributed by atoms with Crippen molar-refractivity contribution in [3.8, 4) is 0 Å². The van der Waals surface area contributed by atoms with Crippen LogP contribution >= 0.6 is 11.3 Å². The van der Waals surface area contributed by atoms with Crippen LogP contribution < -0.4 is 0 Å². The molecule has 0 amide bonds. The van der Waals surface area contributed by atoms with Gasteiger partial charge in [-0.05, 0) is 44.9 Å². The molecule has 2 nitrogen and oxygen atoms in total. The summed E-state index contributed by atoms with van der Waals surface area (Å²) in [5, 5.41) is 0. The Morgan fingerprint density at radius 1 is 1.28 bits per heavy atom. The molecule has 1 aromatic rings. The van der Waals surface area contributed by atoms with E-state index in [1.54, 1.807) is 4.88 Å². The predicted octanol–water partition coefficient (Wildman–Crippen LogP) is 2.98. The summed E-state index contributed by atoms with van der Waals surface area (Å²) in [6.07, 6.45) is 3.99. The van der Waals surface area contributed by atoms with E-state index in [2.05, 4.69) is 35.8 Å². The zero-order valence-corrected chi connectivity index (χ0v) is 12.4. The summed E-state index contributed by atoms with van der Waals surface area (Å²) in [6, 6.07) is 6.19. The Hall–Kier alpha value is -0.380. The first-order valence-corrected chi connectivity index (χ1v) is 8.13. The van der Waals surface area contributed by atoms with Crippen molar-refractivity contribution in [1.29, 1.82) is 0 Å². The zero-order valence-electron chi connectivity index (χ0n) is 11.6. The molecule has 2 aliphatic rings. The molecule has 0 aliphatic carbocycles. The fourth-order valence-electron chi connectivity index (χ4n) is 3.37. The third kappa shape index (κ3) is 2.49. The van der Waals surface area contributed by atoms with Gasteiger partial charge >= 0.3 is 0 Å². The number of hydrogen-bond acceptors (Lipinski definition) is 3. The van der Waals surface area contributed by atoms with E-state index in [1.165, 1.54) is 43.8 Å². The Morgan fingerprint density at radius 2 is 2.11 bits per heavy atom. The number of rotatable bonds is 3. The Labute approximate surface area is 115 Å². The lowest BCUT2D eigenvalue weighted by Gasteiger charge is -2.42. The third-order valence-electron chi connectivity index (χ3n) is 4.49. The van der Waals surface area contributed by atoms with E-state index in [-0.39, 0.29) is 0 Å². The molecule has 2 unspecified atom stereocenters. The molecule has 3 heteroatoms. The summed E-state index contributed by atoms with van der Waals surface area (Å²) in [5.74, 6) is 0. The Kier molecular flexibility index (Phi) is 3.73. The second-order valence-electron chi connectivity index (χ2n) is 5.79. The summed E-state index contributed by atoms with van der Waals surface area (Å²) in [5.41, 5.74) is 0. The molecule has 2 atom stereocenters. The predicted molar refractivity (Wildman–Crippen MR) is 78.2 cm³/mol. The number of piperazine rings is 1. The van der Waals surface area contributed by atoms with Crippen LogP contribution in [0, 0.1) is 0 Å². The van der Waals surface area contributed by atoms with Crippen LogP contribution in [0.15, 0.2) is 12.1 Å². The number of fused-ring (bicyclic) bond motifs is 1. The van der Waals surface area contributed by atoms with Crippen molar-refractivity contribution < 1.29 is 0 Å². The van der Waals surface area contributed by atoms with Gasteiger partial charge in [-0.3, -0.25) is 9.80 Å². The summed E-state index contributed by atoms with van der Waals surface area (Å²) in [6.45, 7) is 9.69. The minimum atomic E-state index is 0.714. The van der Waals surface area contributed by atoms with E-state index in [0.717, 1.165) is 12.6 Å². The maximum absolute atomic E-state index is 2.70. The van der Waals surface area contributed by atoms with Gasteiger partial charge < -0.3 is 0 Å². The van der Waals surface area contributed by atoms with Crippen molar-refractivity contribution in [2.24, 2.45) is 0 Å². The molecule has 2 aliphatic heterocycles. The van der Waals surface area contributed by atoms with Crippen LogP contribution in [0.4, 0.5) is 0 Å². The van der Waals surface area contributed by atoms with Crippen molar-refractivity contribution in [3.05, 3.63) is 21.9 Å². The van der Waals surface area contributed by atoms with Gasteiger partial charge in [-0.15, -0.1) is 11.3 Å². The van der Waals surface area contributed by atoms with Crippen LogP contribution in [0.1, 0.15) is 36.4 Å².